The van der Waals surface area contributed by atoms with E-state index in [0.717, 1.165) is 19.9 Å². The van der Waals surface area contributed by atoms with E-state index in [-0.39, 0.29) is 42.6 Å². The second kappa shape index (κ2) is 22.8. The number of carbonyl (C=O) groups is 2. The summed E-state index contributed by atoms with van der Waals surface area (Å²) in [4.78, 5) is 155. The van der Waals surface area contributed by atoms with Gasteiger partial charge in [0.05, 0.1) is 26.5 Å². The minimum absolute atomic E-state index is 0.0229. The summed E-state index contributed by atoms with van der Waals surface area (Å²) in [5, 5.41) is 9.98. The van der Waals surface area contributed by atoms with Gasteiger partial charge in [-0.2, -0.15) is 27.9 Å². The van der Waals surface area contributed by atoms with E-state index in [2.05, 4.69) is 15.0 Å². The van der Waals surface area contributed by atoms with Gasteiger partial charge in [-0.3, -0.25) is 52.6 Å². The number of aliphatic hydroxyl groups excluding tert-OH is 1. The molecule has 32 heteroatoms. The molecular formula is C40H53N8O22P2+. The normalized spacial score (nSPS) is 25.8. The van der Waals surface area contributed by atoms with Crippen molar-refractivity contribution in [3.05, 3.63) is 117 Å². The van der Waals surface area contributed by atoms with Gasteiger partial charge in [0.2, 0.25) is 6.33 Å². The van der Waals surface area contributed by atoms with Gasteiger partial charge < -0.3 is 38.6 Å². The number of imidazole rings is 1. The monoisotopic (exact) mass is 1060 g/mol. The Labute approximate surface area is 406 Å². The van der Waals surface area contributed by atoms with E-state index in [9.17, 15) is 63.0 Å². The molecule has 11 atom stereocenters. The van der Waals surface area contributed by atoms with E-state index in [0.29, 0.717) is 6.54 Å². The lowest BCUT2D eigenvalue weighted by molar-refractivity contribution is -0.671. The summed E-state index contributed by atoms with van der Waals surface area (Å²) in [7, 11) is -8.66. The predicted octanol–water partition coefficient (Wildman–Crippen LogP) is -4.16. The van der Waals surface area contributed by atoms with Crippen molar-refractivity contribution in [2.45, 2.75) is 115 Å². The molecule has 4 aromatic heterocycles. The number of ether oxygens (including phenoxy) is 5. The molecule has 0 spiro atoms. The maximum atomic E-state index is 13.7. The third-order valence-electron chi connectivity index (χ3n) is 11.7. The SMILES string of the molecule is Cc1cn([C@H]2C[C@H](OC(=O)CCC(=O)OCCn3cc[n+](C)c3)[C@@H](CO[P+]([O-])(O)O[C@H]3C[C@H](n4cc(C)c(=O)[nH]c4=O)O[C@@H]3CO[P+]([O-])(O)O[C@H]3C[C@H](n4cc(C)c(=O)[nH]c4=O)O[C@@H]3CO)O2)c(=O)[nH]c1=O. The predicted molar refractivity (Wildman–Crippen MR) is 236 cm³/mol. The van der Waals surface area contributed by atoms with Crippen LogP contribution in [0.2, 0.25) is 0 Å². The first-order valence-corrected chi connectivity index (χ1v) is 25.2. The molecular weight excluding hydrogens is 1010 g/mol. The molecule has 3 saturated heterocycles. The lowest BCUT2D eigenvalue weighted by Crippen LogP contribution is -2.36. The van der Waals surface area contributed by atoms with Gasteiger partial charge in [0, 0.05) is 54.5 Å². The van der Waals surface area contributed by atoms with Crippen LogP contribution in [0.25, 0.3) is 0 Å². The molecule has 3 aliphatic rings. The van der Waals surface area contributed by atoms with Crippen molar-refractivity contribution >= 4 is 28.3 Å². The van der Waals surface area contributed by atoms with Crippen LogP contribution in [0.4, 0.5) is 0 Å². The van der Waals surface area contributed by atoms with Gasteiger partial charge >= 0.3 is 45.3 Å². The van der Waals surface area contributed by atoms with Crippen molar-refractivity contribution < 1.29 is 80.6 Å². The van der Waals surface area contributed by atoms with Crippen molar-refractivity contribution in [3.8, 4) is 0 Å². The van der Waals surface area contributed by atoms with Crippen molar-refractivity contribution in [2.75, 3.05) is 26.4 Å². The van der Waals surface area contributed by atoms with Crippen LogP contribution in [0.15, 0.2) is 66.1 Å². The first kappa shape index (κ1) is 54.3. The molecule has 3 fully saturated rings. The Morgan fingerprint density at radius 3 is 1.56 bits per heavy atom. The number of aliphatic hydroxyl groups is 1. The smallest absolute Gasteiger partial charge is 0.377 e. The fourth-order valence-corrected chi connectivity index (χ4v) is 9.89. The summed E-state index contributed by atoms with van der Waals surface area (Å²) in [6.07, 6.45) is -5.09. The maximum Gasteiger partial charge on any atom is 0.377 e. The Bertz CT molecular complexity index is 2960. The molecule has 7 heterocycles. The number of aromatic nitrogens is 8. The molecule has 4 aromatic rings. The average molecular weight is 1060 g/mol. The molecule has 0 radical (unpaired) electrons. The molecule has 7 rings (SSSR count). The summed E-state index contributed by atoms with van der Waals surface area (Å²) < 4.78 is 56.3. The van der Waals surface area contributed by atoms with Gasteiger partial charge in [0.1, 0.15) is 94.1 Å². The highest BCUT2D eigenvalue weighted by Crippen LogP contribution is 2.55. The highest BCUT2D eigenvalue weighted by molar-refractivity contribution is 7.53. The zero-order chi connectivity index (χ0) is 52.2. The number of carbonyl (C=O) groups excluding carboxylic acids is 2. The molecule has 0 aliphatic carbocycles. The van der Waals surface area contributed by atoms with Crippen molar-refractivity contribution in [1.82, 2.24) is 33.2 Å². The molecule has 2 unspecified atom stereocenters. The minimum Gasteiger partial charge on any atom is -0.606 e. The molecule has 3 aliphatic heterocycles. The van der Waals surface area contributed by atoms with Gasteiger partial charge in [-0.05, 0) is 20.8 Å². The summed E-state index contributed by atoms with van der Waals surface area (Å²) in [6, 6.07) is 0. The fourth-order valence-electron chi connectivity index (χ4n) is 7.96. The summed E-state index contributed by atoms with van der Waals surface area (Å²) >= 11 is 0. The molecule has 6 N–H and O–H groups in total. The quantitative estimate of drug-likeness (QED) is 0.0262. The second-order valence-corrected chi connectivity index (χ2v) is 19.9. The summed E-state index contributed by atoms with van der Waals surface area (Å²) in [6.45, 7) is 2.09. The van der Waals surface area contributed by atoms with E-state index in [1.165, 1.54) is 33.2 Å². The molecule has 0 aromatic carbocycles. The third kappa shape index (κ3) is 13.6. The number of hydrogen-bond donors (Lipinski definition) is 6. The Hall–Kier alpha value is -5.43. The van der Waals surface area contributed by atoms with Crippen LogP contribution >= 0.6 is 16.3 Å². The standard InChI is InChI=1S/C40H52N8O22P2/c1-21-14-46(38(55)41-35(21)52)30-11-24(68-34(51)6-5-33(50)62-10-9-45-8-7-44(4)20-45)28(66-30)18-63-72(60,61)70-26-13-32(48-16-23(3)37(54)43-40(48)57)67-29(26)19-64-71(58,59)69-25-12-31(65-27(25)17-49)47-15-22(2)36(53)42-39(47)56/h7-8,14-16,20,24-32,49H,5-6,9-13,17-19H2,1-4H3,(H4-,41,42,43,52,53,54,55,56,57,58,59,60,61)/p+1/t24-,25-,26-,27+,28+,29+,30+,31+,32+/m0/s1. The van der Waals surface area contributed by atoms with Gasteiger partial charge in [0.15, 0.2) is 0 Å². The Kier molecular flexibility index (Phi) is 17.2. The second-order valence-electron chi connectivity index (χ2n) is 17.1. The van der Waals surface area contributed by atoms with Crippen LogP contribution in [-0.2, 0) is 65.0 Å². The first-order valence-electron chi connectivity index (χ1n) is 22.2. The highest BCUT2D eigenvalue weighted by Gasteiger charge is 2.50. The maximum absolute atomic E-state index is 13.7. The lowest BCUT2D eigenvalue weighted by Gasteiger charge is -2.28. The van der Waals surface area contributed by atoms with Crippen molar-refractivity contribution in [2.24, 2.45) is 7.05 Å². The zero-order valence-corrected chi connectivity index (χ0v) is 40.7. The number of esters is 2. The van der Waals surface area contributed by atoms with E-state index >= 15 is 0 Å². The Morgan fingerprint density at radius 2 is 1.11 bits per heavy atom. The lowest BCUT2D eigenvalue weighted by atomic mass is 10.2. The average Bonchev–Trinajstić information content (AvgIpc) is 4.11. The molecule has 30 nitrogen and oxygen atoms in total. The van der Waals surface area contributed by atoms with Crippen molar-refractivity contribution in [3.63, 3.8) is 0 Å². The van der Waals surface area contributed by atoms with Crippen LogP contribution < -0.4 is 48.1 Å². The molecule has 0 amide bonds. The van der Waals surface area contributed by atoms with Gasteiger partial charge in [-0.1, -0.05) is 0 Å². The first-order chi connectivity index (χ1) is 34.0. The van der Waals surface area contributed by atoms with E-state index in [1.54, 1.807) is 27.9 Å². The fraction of sp³-hybridized carbons (Fsp3) is 0.575. The van der Waals surface area contributed by atoms with Gasteiger partial charge in [-0.25, -0.2) is 23.5 Å². The van der Waals surface area contributed by atoms with Gasteiger partial charge in [0.25, 0.3) is 16.7 Å². The largest absolute Gasteiger partial charge is 0.606 e. The number of nitrogens with zero attached hydrogens (tertiary/aromatic N) is 5. The Balaban J connectivity index is 1.02. The van der Waals surface area contributed by atoms with Crippen LogP contribution in [0.3, 0.4) is 0 Å². The number of aryl methyl sites for hydroxylation is 4. The topological polar surface area (TPSA) is 397 Å². The zero-order valence-electron chi connectivity index (χ0n) is 39.0. The number of hydrogen-bond acceptors (Lipinski definition) is 22. The number of nitrogens with one attached hydrogen (secondary N) is 3. The van der Waals surface area contributed by atoms with Crippen LogP contribution in [0.5, 0.6) is 0 Å². The molecule has 394 valence electrons. The number of rotatable bonds is 21. The van der Waals surface area contributed by atoms with Crippen LogP contribution in [0, 0.1) is 20.8 Å². The highest BCUT2D eigenvalue weighted by atomic mass is 31.2. The van der Waals surface area contributed by atoms with Crippen LogP contribution in [-0.4, -0.2) is 123 Å². The number of phosphoric ester groups is 2. The van der Waals surface area contributed by atoms with E-state index in [4.69, 9.17) is 41.8 Å². The molecule has 0 saturated carbocycles. The minimum atomic E-state index is -5.30. The molecule has 0 bridgehead atoms. The Morgan fingerprint density at radius 1 is 0.694 bits per heavy atom. The van der Waals surface area contributed by atoms with Gasteiger partial charge in [-0.15, -0.1) is 0 Å². The summed E-state index contributed by atoms with van der Waals surface area (Å²) in [5.41, 5.74) is -4.42. The number of H-pyrrole nitrogens is 3. The van der Waals surface area contributed by atoms with E-state index in [1.807, 2.05) is 7.05 Å². The van der Waals surface area contributed by atoms with E-state index < -0.39 is 150 Å². The number of aromatic amines is 3. The third-order valence-corrected chi connectivity index (χ3v) is 13.7. The molecule has 72 heavy (non-hydrogen) atoms. The van der Waals surface area contributed by atoms with Crippen LogP contribution in [0.1, 0.15) is 67.5 Å². The summed E-state index contributed by atoms with van der Waals surface area (Å²) in [5.74, 6) is -1.60. The van der Waals surface area contributed by atoms with Crippen molar-refractivity contribution in [1.29, 1.82) is 0 Å². The number of phosphoric acid groups is 2.